The van der Waals surface area contributed by atoms with E-state index in [0.717, 1.165) is 11.1 Å². The molecule has 1 atom stereocenters. The minimum absolute atomic E-state index is 0.0165. The number of hydrogen-bond donors (Lipinski definition) is 1. The number of ketones is 1. The summed E-state index contributed by atoms with van der Waals surface area (Å²) in [6.45, 7) is 2.55. The summed E-state index contributed by atoms with van der Waals surface area (Å²) >= 11 is 0. The van der Waals surface area contributed by atoms with Gasteiger partial charge in [-0.25, -0.2) is 0 Å². The maximum absolute atomic E-state index is 12.7. The molecule has 0 fully saturated rings. The molecule has 0 aromatic heterocycles. The minimum Gasteiger partial charge on any atom is -0.486 e. The van der Waals surface area contributed by atoms with Gasteiger partial charge < -0.3 is 9.84 Å². The van der Waals surface area contributed by atoms with Crippen LogP contribution in [-0.2, 0) is 4.79 Å². The van der Waals surface area contributed by atoms with E-state index in [2.05, 4.69) is 0 Å². The maximum Gasteiger partial charge on any atom is 0.317 e. The molecule has 0 saturated carbocycles. The average Bonchev–Trinajstić information content (AvgIpc) is 2.77. The first-order chi connectivity index (χ1) is 14.9. The molecule has 0 aliphatic carbocycles. The number of carboxylic acid groups (broad SMARTS) is 1. The van der Waals surface area contributed by atoms with E-state index >= 15 is 0 Å². The molecule has 0 bridgehead atoms. The van der Waals surface area contributed by atoms with E-state index in [-0.39, 0.29) is 18.4 Å². The van der Waals surface area contributed by atoms with E-state index in [1.54, 1.807) is 36.2 Å². The lowest BCUT2D eigenvalue weighted by Crippen LogP contribution is -2.28. The van der Waals surface area contributed by atoms with Gasteiger partial charge in [0.2, 0.25) is 0 Å². The van der Waals surface area contributed by atoms with E-state index in [1.807, 2.05) is 61.5 Å². The van der Waals surface area contributed by atoms with E-state index < -0.39 is 5.97 Å². The van der Waals surface area contributed by atoms with Crippen molar-refractivity contribution >= 4 is 11.8 Å². The van der Waals surface area contributed by atoms with Gasteiger partial charge in [-0.15, -0.1) is 0 Å². The number of carboxylic acids is 1. The predicted molar refractivity (Wildman–Crippen MR) is 121 cm³/mol. The predicted octanol–water partition coefficient (Wildman–Crippen LogP) is 4.75. The van der Waals surface area contributed by atoms with Gasteiger partial charge in [-0.2, -0.15) is 0 Å². The lowest BCUT2D eigenvalue weighted by molar-refractivity contribution is -0.138. The number of carbonyl (C=O) groups is 2. The van der Waals surface area contributed by atoms with Crippen LogP contribution < -0.4 is 4.74 Å². The Morgan fingerprint density at radius 1 is 0.903 bits per heavy atom. The molecule has 0 aliphatic rings. The summed E-state index contributed by atoms with van der Waals surface area (Å²) in [6, 6.07) is 24.5. The number of ether oxygens (including phenoxy) is 1. The van der Waals surface area contributed by atoms with Crippen LogP contribution in [0.2, 0.25) is 0 Å². The van der Waals surface area contributed by atoms with Crippen molar-refractivity contribution in [3.8, 4) is 5.75 Å². The quantitative estimate of drug-likeness (QED) is 0.482. The van der Waals surface area contributed by atoms with Gasteiger partial charge in [0.15, 0.2) is 5.78 Å². The molecule has 31 heavy (non-hydrogen) atoms. The number of carbonyl (C=O) groups excluding carboxylic acids is 1. The summed E-state index contributed by atoms with van der Waals surface area (Å²) in [5.41, 5.74) is 3.39. The second-order valence-electron chi connectivity index (χ2n) is 7.66. The molecule has 5 heteroatoms. The van der Waals surface area contributed by atoms with Crippen LogP contribution in [-0.4, -0.2) is 41.9 Å². The maximum atomic E-state index is 12.7. The zero-order valence-corrected chi connectivity index (χ0v) is 17.8. The Hall–Kier alpha value is -3.44. The third-order valence-corrected chi connectivity index (χ3v) is 5.06. The Morgan fingerprint density at radius 3 is 2.06 bits per heavy atom. The van der Waals surface area contributed by atoms with Crippen LogP contribution in [0, 0.1) is 6.92 Å². The van der Waals surface area contributed by atoms with Crippen molar-refractivity contribution in [2.75, 3.05) is 20.1 Å². The lowest BCUT2D eigenvalue weighted by atomic mass is 10.0. The summed E-state index contributed by atoms with van der Waals surface area (Å²) in [4.78, 5) is 25.4. The minimum atomic E-state index is -0.853. The molecule has 0 spiro atoms. The van der Waals surface area contributed by atoms with Crippen molar-refractivity contribution in [1.82, 2.24) is 4.90 Å². The van der Waals surface area contributed by atoms with Crippen molar-refractivity contribution in [2.45, 2.75) is 19.4 Å². The fraction of sp³-hybridized carbons (Fsp3) is 0.231. The highest BCUT2D eigenvalue weighted by molar-refractivity contribution is 6.09. The Labute approximate surface area is 182 Å². The average molecular weight is 418 g/mol. The number of benzene rings is 3. The molecule has 0 aliphatic heterocycles. The largest absolute Gasteiger partial charge is 0.486 e. The Balaban J connectivity index is 1.71. The van der Waals surface area contributed by atoms with Crippen molar-refractivity contribution in [2.24, 2.45) is 0 Å². The van der Waals surface area contributed by atoms with Gasteiger partial charge in [0.25, 0.3) is 0 Å². The molecule has 0 amide bonds. The zero-order valence-electron chi connectivity index (χ0n) is 17.8. The van der Waals surface area contributed by atoms with Gasteiger partial charge in [0, 0.05) is 24.1 Å². The van der Waals surface area contributed by atoms with E-state index in [0.29, 0.717) is 29.8 Å². The van der Waals surface area contributed by atoms with Gasteiger partial charge in [0.05, 0.1) is 6.54 Å². The Morgan fingerprint density at radius 2 is 1.48 bits per heavy atom. The van der Waals surface area contributed by atoms with Crippen LogP contribution in [0.1, 0.15) is 39.6 Å². The number of likely N-dealkylation sites (N-methyl/N-ethyl adjacent to an activating group) is 1. The van der Waals surface area contributed by atoms with Crippen molar-refractivity contribution < 1.29 is 19.4 Å². The second-order valence-corrected chi connectivity index (χ2v) is 7.66. The van der Waals surface area contributed by atoms with Gasteiger partial charge >= 0.3 is 5.97 Å². The third kappa shape index (κ3) is 6.52. The number of aliphatic carboxylic acids is 1. The van der Waals surface area contributed by atoms with Crippen LogP contribution in [0.3, 0.4) is 0 Å². The molecular formula is C26H27NO4. The monoisotopic (exact) mass is 417 g/mol. The zero-order chi connectivity index (χ0) is 22.2. The van der Waals surface area contributed by atoms with Gasteiger partial charge in [-0.3, -0.25) is 14.5 Å². The molecule has 0 saturated heterocycles. The molecule has 0 heterocycles. The van der Waals surface area contributed by atoms with Crippen molar-refractivity contribution in [3.63, 3.8) is 0 Å². The Kier molecular flexibility index (Phi) is 7.57. The van der Waals surface area contributed by atoms with Gasteiger partial charge in [-0.1, -0.05) is 60.2 Å². The first-order valence-corrected chi connectivity index (χ1v) is 10.3. The smallest absolute Gasteiger partial charge is 0.317 e. The highest BCUT2D eigenvalue weighted by Crippen LogP contribution is 2.26. The fourth-order valence-electron chi connectivity index (χ4n) is 3.33. The molecule has 1 N–H and O–H groups in total. The van der Waals surface area contributed by atoms with Crippen LogP contribution in [0.15, 0.2) is 78.9 Å². The summed E-state index contributed by atoms with van der Waals surface area (Å²) in [6.07, 6.45) is 0.411. The van der Waals surface area contributed by atoms with Crippen LogP contribution in [0.4, 0.5) is 0 Å². The first-order valence-electron chi connectivity index (χ1n) is 10.3. The van der Waals surface area contributed by atoms with Crippen molar-refractivity contribution in [1.29, 1.82) is 0 Å². The standard InChI is InChI=1S/C26H27NO4/c1-19-8-10-21(11-9-19)26(30)22-12-14-23(15-13-22)31-24(20-6-4-3-5-7-20)16-17-27(2)18-25(28)29/h3-15,24H,16-18H2,1-2H3,(H,28,29)/t24-/m0/s1. The van der Waals surface area contributed by atoms with E-state index in [4.69, 9.17) is 9.84 Å². The molecule has 3 rings (SSSR count). The first kappa shape index (κ1) is 22.2. The summed E-state index contributed by atoms with van der Waals surface area (Å²) in [7, 11) is 1.78. The van der Waals surface area contributed by atoms with Gasteiger partial charge in [-0.05, 0) is 43.8 Å². The number of nitrogens with zero attached hydrogens (tertiary/aromatic N) is 1. The summed E-state index contributed by atoms with van der Waals surface area (Å²) in [5, 5.41) is 8.97. The van der Waals surface area contributed by atoms with Gasteiger partial charge in [0.1, 0.15) is 11.9 Å². The number of aryl methyl sites for hydroxylation is 1. The SMILES string of the molecule is Cc1ccc(C(=O)c2ccc(O[C@@H](CCN(C)CC(=O)O)c3ccccc3)cc2)cc1. The van der Waals surface area contributed by atoms with Crippen molar-refractivity contribution in [3.05, 3.63) is 101 Å². The van der Waals surface area contributed by atoms with E-state index in [1.165, 1.54) is 0 Å². The molecule has 5 nitrogen and oxygen atoms in total. The third-order valence-electron chi connectivity index (χ3n) is 5.06. The van der Waals surface area contributed by atoms with Crippen LogP contribution in [0.25, 0.3) is 0 Å². The molecule has 0 unspecified atom stereocenters. The summed E-state index contributed by atoms with van der Waals surface area (Å²) < 4.78 is 6.23. The fourth-order valence-corrected chi connectivity index (χ4v) is 3.33. The number of hydrogen-bond acceptors (Lipinski definition) is 4. The molecule has 3 aromatic rings. The Bertz CT molecular complexity index is 998. The van der Waals surface area contributed by atoms with Crippen LogP contribution >= 0.6 is 0 Å². The second kappa shape index (κ2) is 10.5. The lowest BCUT2D eigenvalue weighted by Gasteiger charge is -2.22. The molecule has 0 radical (unpaired) electrons. The molecule has 3 aromatic carbocycles. The topological polar surface area (TPSA) is 66.8 Å². The summed E-state index contributed by atoms with van der Waals surface area (Å²) in [5.74, 6) is -0.217. The highest BCUT2D eigenvalue weighted by atomic mass is 16.5. The normalized spacial score (nSPS) is 11.8. The molecular weight excluding hydrogens is 390 g/mol. The number of rotatable bonds is 10. The van der Waals surface area contributed by atoms with Crippen LogP contribution in [0.5, 0.6) is 5.75 Å². The highest BCUT2D eigenvalue weighted by Gasteiger charge is 2.16. The molecule has 160 valence electrons. The van der Waals surface area contributed by atoms with E-state index in [9.17, 15) is 9.59 Å².